The largest absolute Gasteiger partial charge is 0.481 e. The average molecular weight is 283 g/mol. The molecule has 0 aliphatic carbocycles. The molecule has 1 aromatic rings. The minimum Gasteiger partial charge on any atom is -0.481 e. The van der Waals surface area contributed by atoms with Gasteiger partial charge in [-0.25, -0.2) is 8.78 Å². The van der Waals surface area contributed by atoms with E-state index in [4.69, 9.17) is 5.11 Å². The summed E-state index contributed by atoms with van der Waals surface area (Å²) in [6.07, 6.45) is 0.355. The number of aliphatic carboxylic acids is 1. The van der Waals surface area contributed by atoms with Crippen molar-refractivity contribution >= 4 is 11.9 Å². The Kier molecular flexibility index (Phi) is 4.01. The lowest BCUT2D eigenvalue weighted by molar-refractivity contribution is -0.143. The van der Waals surface area contributed by atoms with E-state index in [2.05, 4.69) is 0 Å². The molecule has 6 heteroatoms. The van der Waals surface area contributed by atoms with Crippen LogP contribution in [0.15, 0.2) is 18.2 Å². The van der Waals surface area contributed by atoms with Gasteiger partial charge in [0.15, 0.2) is 11.6 Å². The molecule has 2 unspecified atom stereocenters. The third-order valence-electron chi connectivity index (χ3n) is 3.73. The van der Waals surface area contributed by atoms with E-state index in [-0.39, 0.29) is 18.4 Å². The van der Waals surface area contributed by atoms with Crippen molar-refractivity contribution in [1.29, 1.82) is 0 Å². The van der Waals surface area contributed by atoms with Crippen LogP contribution in [0.4, 0.5) is 8.78 Å². The third kappa shape index (κ3) is 2.79. The van der Waals surface area contributed by atoms with Crippen molar-refractivity contribution in [3.8, 4) is 0 Å². The van der Waals surface area contributed by atoms with Crippen LogP contribution in [0.3, 0.4) is 0 Å². The molecule has 108 valence electrons. The van der Waals surface area contributed by atoms with E-state index < -0.39 is 23.5 Å². The van der Waals surface area contributed by atoms with Crippen molar-refractivity contribution in [2.45, 2.75) is 25.8 Å². The van der Waals surface area contributed by atoms with Crippen LogP contribution in [0, 0.1) is 17.6 Å². The Balaban J connectivity index is 2.05. The van der Waals surface area contributed by atoms with Crippen LogP contribution in [0.25, 0.3) is 0 Å². The number of carbonyl (C=O) groups is 2. The number of carboxylic acids is 1. The number of hydrogen-bond donors (Lipinski definition) is 1. The smallest absolute Gasteiger partial charge is 0.308 e. The molecular formula is C14H15F2NO3. The van der Waals surface area contributed by atoms with Gasteiger partial charge in [0.2, 0.25) is 5.91 Å². The summed E-state index contributed by atoms with van der Waals surface area (Å²) in [7, 11) is 0. The molecule has 0 bridgehead atoms. The normalized spacial score (nSPS) is 22.1. The van der Waals surface area contributed by atoms with Crippen molar-refractivity contribution in [3.63, 3.8) is 0 Å². The Morgan fingerprint density at radius 1 is 1.35 bits per heavy atom. The lowest BCUT2D eigenvalue weighted by Crippen LogP contribution is -2.38. The highest BCUT2D eigenvalue weighted by molar-refractivity contribution is 5.81. The standard InChI is InChI=1S/C14H15F2NO3/c1-8-10(14(19)20)4-5-17(8)13(18)7-9-2-3-11(15)12(16)6-9/h2-3,6,8,10H,4-5,7H2,1H3,(H,19,20). The lowest BCUT2D eigenvalue weighted by Gasteiger charge is -2.23. The number of carboxylic acid groups (broad SMARTS) is 1. The molecule has 1 aromatic carbocycles. The van der Waals surface area contributed by atoms with Crippen LogP contribution < -0.4 is 0 Å². The number of halogens is 2. The van der Waals surface area contributed by atoms with Crippen LogP contribution in [-0.2, 0) is 16.0 Å². The molecule has 1 aliphatic heterocycles. The summed E-state index contributed by atoms with van der Waals surface area (Å²) < 4.78 is 25.9. The van der Waals surface area contributed by atoms with Gasteiger partial charge in [0.1, 0.15) is 0 Å². The van der Waals surface area contributed by atoms with Crippen LogP contribution in [-0.4, -0.2) is 34.5 Å². The predicted molar refractivity (Wildman–Crippen MR) is 67.0 cm³/mol. The first kappa shape index (κ1) is 14.4. The van der Waals surface area contributed by atoms with Gasteiger partial charge in [-0.3, -0.25) is 9.59 Å². The summed E-state index contributed by atoms with van der Waals surface area (Å²) >= 11 is 0. The molecule has 1 fully saturated rings. The SMILES string of the molecule is CC1C(C(=O)O)CCN1C(=O)Cc1ccc(F)c(F)c1. The quantitative estimate of drug-likeness (QED) is 0.920. The van der Waals surface area contributed by atoms with Crippen LogP contribution >= 0.6 is 0 Å². The van der Waals surface area contributed by atoms with E-state index in [0.717, 1.165) is 12.1 Å². The minimum absolute atomic E-state index is 0.0616. The zero-order valence-corrected chi connectivity index (χ0v) is 11.0. The molecule has 1 amide bonds. The van der Waals surface area contributed by atoms with Crippen LogP contribution in [0.2, 0.25) is 0 Å². The summed E-state index contributed by atoms with van der Waals surface area (Å²) in [6.45, 7) is 2.07. The van der Waals surface area contributed by atoms with Gasteiger partial charge < -0.3 is 10.0 Å². The fourth-order valence-corrected chi connectivity index (χ4v) is 2.55. The van der Waals surface area contributed by atoms with Gasteiger partial charge in [-0.15, -0.1) is 0 Å². The van der Waals surface area contributed by atoms with Gasteiger partial charge in [0.05, 0.1) is 12.3 Å². The van der Waals surface area contributed by atoms with Gasteiger partial charge in [-0.05, 0) is 31.0 Å². The molecule has 0 radical (unpaired) electrons. The highest BCUT2D eigenvalue weighted by Crippen LogP contribution is 2.25. The number of hydrogen-bond acceptors (Lipinski definition) is 2. The van der Waals surface area contributed by atoms with Crippen molar-refractivity contribution in [1.82, 2.24) is 4.90 Å². The molecule has 1 N–H and O–H groups in total. The van der Waals surface area contributed by atoms with Crippen LogP contribution in [0.1, 0.15) is 18.9 Å². The molecule has 1 heterocycles. The Morgan fingerprint density at radius 3 is 2.60 bits per heavy atom. The average Bonchev–Trinajstić information content (AvgIpc) is 2.76. The molecule has 1 aliphatic rings. The fraction of sp³-hybridized carbons (Fsp3) is 0.429. The maximum Gasteiger partial charge on any atom is 0.308 e. The van der Waals surface area contributed by atoms with E-state index in [1.54, 1.807) is 6.92 Å². The number of rotatable bonds is 3. The van der Waals surface area contributed by atoms with E-state index in [0.29, 0.717) is 18.5 Å². The van der Waals surface area contributed by atoms with Gasteiger partial charge in [0.25, 0.3) is 0 Å². The van der Waals surface area contributed by atoms with Gasteiger partial charge >= 0.3 is 5.97 Å². The van der Waals surface area contributed by atoms with E-state index in [1.165, 1.54) is 11.0 Å². The number of likely N-dealkylation sites (tertiary alicyclic amines) is 1. The summed E-state index contributed by atoms with van der Waals surface area (Å²) in [5.41, 5.74) is 0.375. The molecule has 0 spiro atoms. The summed E-state index contributed by atoms with van der Waals surface area (Å²) in [5, 5.41) is 9.01. The second-order valence-corrected chi connectivity index (χ2v) is 4.99. The summed E-state index contributed by atoms with van der Waals surface area (Å²) in [5.74, 6) is -3.70. The fourth-order valence-electron chi connectivity index (χ4n) is 2.55. The molecule has 2 atom stereocenters. The Labute approximate surface area is 115 Å². The molecule has 2 rings (SSSR count). The van der Waals surface area contributed by atoms with Gasteiger partial charge in [0, 0.05) is 12.6 Å². The molecular weight excluding hydrogens is 268 g/mol. The lowest BCUT2D eigenvalue weighted by atomic mass is 10.0. The van der Waals surface area contributed by atoms with Crippen molar-refractivity contribution in [3.05, 3.63) is 35.4 Å². The highest BCUT2D eigenvalue weighted by atomic mass is 19.2. The van der Waals surface area contributed by atoms with E-state index in [9.17, 15) is 18.4 Å². The molecule has 0 saturated carbocycles. The number of carbonyl (C=O) groups excluding carboxylic acids is 1. The highest BCUT2D eigenvalue weighted by Gasteiger charge is 2.37. The maximum atomic E-state index is 13.1. The third-order valence-corrected chi connectivity index (χ3v) is 3.73. The van der Waals surface area contributed by atoms with Crippen molar-refractivity contribution in [2.24, 2.45) is 5.92 Å². The first-order chi connectivity index (χ1) is 9.40. The second kappa shape index (κ2) is 5.56. The van der Waals surface area contributed by atoms with E-state index >= 15 is 0 Å². The first-order valence-electron chi connectivity index (χ1n) is 6.36. The molecule has 20 heavy (non-hydrogen) atoms. The molecule has 0 aromatic heterocycles. The zero-order chi connectivity index (χ0) is 14.9. The Hall–Kier alpha value is -1.98. The molecule has 1 saturated heterocycles. The summed E-state index contributed by atoms with van der Waals surface area (Å²) in [4.78, 5) is 24.6. The van der Waals surface area contributed by atoms with Crippen LogP contribution in [0.5, 0.6) is 0 Å². The Morgan fingerprint density at radius 2 is 2.05 bits per heavy atom. The second-order valence-electron chi connectivity index (χ2n) is 4.99. The van der Waals surface area contributed by atoms with Crippen molar-refractivity contribution < 1.29 is 23.5 Å². The van der Waals surface area contributed by atoms with Gasteiger partial charge in [-0.1, -0.05) is 6.07 Å². The topological polar surface area (TPSA) is 57.6 Å². The van der Waals surface area contributed by atoms with E-state index in [1.807, 2.05) is 0 Å². The van der Waals surface area contributed by atoms with Crippen molar-refractivity contribution in [2.75, 3.05) is 6.54 Å². The number of amides is 1. The monoisotopic (exact) mass is 283 g/mol. The number of benzene rings is 1. The summed E-state index contributed by atoms with van der Waals surface area (Å²) in [6, 6.07) is 2.94. The molecule has 4 nitrogen and oxygen atoms in total. The van der Waals surface area contributed by atoms with Gasteiger partial charge in [-0.2, -0.15) is 0 Å². The number of nitrogens with zero attached hydrogens (tertiary/aromatic N) is 1. The minimum atomic E-state index is -0.992. The Bertz CT molecular complexity index is 547. The predicted octanol–water partition coefficient (Wildman–Crippen LogP) is 1.83. The zero-order valence-electron chi connectivity index (χ0n) is 11.0. The first-order valence-corrected chi connectivity index (χ1v) is 6.36. The maximum absolute atomic E-state index is 13.1.